The Hall–Kier alpha value is -0.380. The predicted octanol–water partition coefficient (Wildman–Crippen LogP) is 3.40. The third kappa shape index (κ3) is 3.54. The van der Waals surface area contributed by atoms with Crippen molar-refractivity contribution in [1.29, 1.82) is 0 Å². The van der Waals surface area contributed by atoms with Crippen molar-refractivity contribution in [3.05, 3.63) is 34.3 Å². The van der Waals surface area contributed by atoms with Gasteiger partial charge in [-0.25, -0.2) is 0 Å². The number of hydrogen-bond acceptors (Lipinski definition) is 2. The van der Waals surface area contributed by atoms with Crippen LogP contribution in [-0.4, -0.2) is 17.3 Å². The van der Waals surface area contributed by atoms with Crippen molar-refractivity contribution in [3.63, 3.8) is 0 Å². The van der Waals surface area contributed by atoms with Gasteiger partial charge in [0.1, 0.15) is 0 Å². The van der Waals surface area contributed by atoms with E-state index < -0.39 is 5.60 Å². The average molecular weight is 298 g/mol. The molecule has 1 atom stereocenters. The molecule has 0 aromatic heterocycles. The lowest BCUT2D eigenvalue weighted by molar-refractivity contribution is 0.0453. The zero-order chi connectivity index (χ0) is 12.3. The van der Waals surface area contributed by atoms with Gasteiger partial charge < -0.3 is 10.4 Å². The van der Waals surface area contributed by atoms with E-state index in [0.717, 1.165) is 30.2 Å². The van der Waals surface area contributed by atoms with Crippen LogP contribution in [-0.2, 0) is 0 Å². The summed E-state index contributed by atoms with van der Waals surface area (Å²) in [6, 6.07) is 8.58. The molecule has 2 nitrogen and oxygen atoms in total. The summed E-state index contributed by atoms with van der Waals surface area (Å²) in [5, 5.41) is 13.7. The summed E-state index contributed by atoms with van der Waals surface area (Å²) in [4.78, 5) is 0. The van der Waals surface area contributed by atoms with Crippen LogP contribution in [0, 0.1) is 0 Å². The molecule has 0 saturated heterocycles. The Morgan fingerprint density at radius 1 is 1.41 bits per heavy atom. The Morgan fingerprint density at radius 3 is 2.76 bits per heavy atom. The SMILES string of the molecule is C[C@H](NCC1(O)CCCC1)c1cccc(Br)c1. The van der Waals surface area contributed by atoms with Crippen LogP contribution in [0.15, 0.2) is 28.7 Å². The van der Waals surface area contributed by atoms with E-state index >= 15 is 0 Å². The number of aliphatic hydroxyl groups is 1. The van der Waals surface area contributed by atoms with Crippen molar-refractivity contribution in [1.82, 2.24) is 5.32 Å². The summed E-state index contributed by atoms with van der Waals surface area (Å²) in [5.41, 5.74) is 0.779. The van der Waals surface area contributed by atoms with Crippen LogP contribution in [0.1, 0.15) is 44.2 Å². The first-order valence-corrected chi connectivity index (χ1v) is 7.10. The molecule has 3 heteroatoms. The molecule has 2 N–H and O–H groups in total. The highest BCUT2D eigenvalue weighted by Gasteiger charge is 2.30. The van der Waals surface area contributed by atoms with E-state index in [1.54, 1.807) is 0 Å². The molecule has 0 spiro atoms. The minimum atomic E-state index is -0.472. The molecule has 0 amide bonds. The van der Waals surface area contributed by atoms with Gasteiger partial charge in [-0.3, -0.25) is 0 Å². The Balaban J connectivity index is 1.91. The van der Waals surface area contributed by atoms with E-state index in [0.29, 0.717) is 6.54 Å². The summed E-state index contributed by atoms with van der Waals surface area (Å²) >= 11 is 3.48. The second-order valence-corrected chi connectivity index (χ2v) is 6.00. The second-order valence-electron chi connectivity index (χ2n) is 5.09. The number of hydrogen-bond donors (Lipinski definition) is 2. The first kappa shape index (κ1) is 13.1. The van der Waals surface area contributed by atoms with Crippen molar-refractivity contribution in [3.8, 4) is 0 Å². The van der Waals surface area contributed by atoms with E-state index in [2.05, 4.69) is 40.3 Å². The third-order valence-electron chi connectivity index (χ3n) is 3.62. The number of halogens is 1. The Bertz CT molecular complexity index is 374. The van der Waals surface area contributed by atoms with Gasteiger partial charge in [0.2, 0.25) is 0 Å². The fraction of sp³-hybridized carbons (Fsp3) is 0.571. The van der Waals surface area contributed by atoms with Crippen LogP contribution >= 0.6 is 15.9 Å². The van der Waals surface area contributed by atoms with Crippen molar-refractivity contribution >= 4 is 15.9 Å². The molecule has 1 aliphatic carbocycles. The summed E-state index contributed by atoms with van der Waals surface area (Å²) in [7, 11) is 0. The molecule has 1 aromatic rings. The number of nitrogens with one attached hydrogen (secondary N) is 1. The topological polar surface area (TPSA) is 32.3 Å². The van der Waals surface area contributed by atoms with E-state index in [1.165, 1.54) is 5.56 Å². The highest BCUT2D eigenvalue weighted by Crippen LogP contribution is 2.29. The second kappa shape index (κ2) is 5.51. The molecular formula is C14H20BrNO. The predicted molar refractivity (Wildman–Crippen MR) is 74.0 cm³/mol. The van der Waals surface area contributed by atoms with Gasteiger partial charge in [0.15, 0.2) is 0 Å². The van der Waals surface area contributed by atoms with Gasteiger partial charge in [-0.15, -0.1) is 0 Å². The zero-order valence-corrected chi connectivity index (χ0v) is 11.8. The lowest BCUT2D eigenvalue weighted by atomic mass is 10.0. The monoisotopic (exact) mass is 297 g/mol. The molecule has 94 valence electrons. The number of benzene rings is 1. The molecule has 1 aliphatic rings. The maximum atomic E-state index is 10.3. The molecule has 2 rings (SSSR count). The highest BCUT2D eigenvalue weighted by atomic mass is 79.9. The van der Waals surface area contributed by atoms with Crippen molar-refractivity contribution in [2.45, 2.75) is 44.2 Å². The van der Waals surface area contributed by atoms with Crippen molar-refractivity contribution < 1.29 is 5.11 Å². The summed E-state index contributed by atoms with van der Waals surface area (Å²) in [6.45, 7) is 2.83. The van der Waals surface area contributed by atoms with Crippen LogP contribution in [0.5, 0.6) is 0 Å². The maximum absolute atomic E-state index is 10.3. The van der Waals surface area contributed by atoms with Gasteiger partial charge in [-0.2, -0.15) is 0 Å². The van der Waals surface area contributed by atoms with Gasteiger partial charge in [0.25, 0.3) is 0 Å². The highest BCUT2D eigenvalue weighted by molar-refractivity contribution is 9.10. The molecule has 0 aliphatic heterocycles. The Kier molecular flexibility index (Phi) is 4.23. The summed E-state index contributed by atoms with van der Waals surface area (Å²) in [6.07, 6.45) is 4.18. The zero-order valence-electron chi connectivity index (χ0n) is 10.2. The quantitative estimate of drug-likeness (QED) is 0.893. The normalized spacial score (nSPS) is 20.4. The van der Waals surface area contributed by atoms with E-state index in [-0.39, 0.29) is 6.04 Å². The average Bonchev–Trinajstić information content (AvgIpc) is 2.74. The van der Waals surface area contributed by atoms with Crippen LogP contribution in [0.4, 0.5) is 0 Å². The minimum Gasteiger partial charge on any atom is -0.389 e. The van der Waals surface area contributed by atoms with Crippen molar-refractivity contribution in [2.24, 2.45) is 0 Å². The molecule has 17 heavy (non-hydrogen) atoms. The third-order valence-corrected chi connectivity index (χ3v) is 4.11. The van der Waals surface area contributed by atoms with Gasteiger partial charge in [0, 0.05) is 17.1 Å². The molecular weight excluding hydrogens is 278 g/mol. The molecule has 1 saturated carbocycles. The first-order chi connectivity index (χ1) is 8.09. The van der Waals surface area contributed by atoms with Crippen molar-refractivity contribution in [2.75, 3.05) is 6.54 Å². The smallest absolute Gasteiger partial charge is 0.0771 e. The molecule has 1 fully saturated rings. The van der Waals surface area contributed by atoms with Gasteiger partial charge in [0.05, 0.1) is 5.60 Å². The summed E-state index contributed by atoms with van der Waals surface area (Å²) < 4.78 is 1.10. The Labute approximate surface area is 112 Å². The van der Waals surface area contributed by atoms with Crippen LogP contribution in [0.25, 0.3) is 0 Å². The standard InChI is InChI=1S/C14H20BrNO/c1-11(12-5-4-6-13(15)9-12)16-10-14(17)7-2-3-8-14/h4-6,9,11,16-17H,2-3,7-8,10H2,1H3/t11-/m0/s1. The molecule has 0 heterocycles. The molecule has 0 bridgehead atoms. The van der Waals surface area contributed by atoms with E-state index in [1.807, 2.05) is 12.1 Å². The molecule has 1 aromatic carbocycles. The molecule has 0 radical (unpaired) electrons. The fourth-order valence-corrected chi connectivity index (χ4v) is 2.86. The summed E-state index contributed by atoms with van der Waals surface area (Å²) in [5.74, 6) is 0. The maximum Gasteiger partial charge on any atom is 0.0771 e. The number of rotatable bonds is 4. The minimum absolute atomic E-state index is 0.275. The van der Waals surface area contributed by atoms with Gasteiger partial charge in [-0.1, -0.05) is 40.9 Å². The van der Waals surface area contributed by atoms with Gasteiger partial charge >= 0.3 is 0 Å². The fourth-order valence-electron chi connectivity index (χ4n) is 2.45. The van der Waals surface area contributed by atoms with Crippen LogP contribution < -0.4 is 5.32 Å². The lowest BCUT2D eigenvalue weighted by Gasteiger charge is -2.25. The molecule has 0 unspecified atom stereocenters. The first-order valence-electron chi connectivity index (χ1n) is 6.30. The van der Waals surface area contributed by atoms with Crippen LogP contribution in [0.3, 0.4) is 0 Å². The largest absolute Gasteiger partial charge is 0.389 e. The Morgan fingerprint density at radius 2 is 2.12 bits per heavy atom. The van der Waals surface area contributed by atoms with E-state index in [4.69, 9.17) is 0 Å². The van der Waals surface area contributed by atoms with Crippen LogP contribution in [0.2, 0.25) is 0 Å². The van der Waals surface area contributed by atoms with Gasteiger partial charge in [-0.05, 0) is 37.5 Å². The lowest BCUT2D eigenvalue weighted by Crippen LogP contribution is -2.39. The van der Waals surface area contributed by atoms with E-state index in [9.17, 15) is 5.11 Å².